The molecule has 0 saturated heterocycles. The first-order valence-corrected chi connectivity index (χ1v) is 7.23. The van der Waals surface area contributed by atoms with E-state index >= 15 is 0 Å². The molecule has 0 aliphatic rings. The van der Waals surface area contributed by atoms with Crippen molar-refractivity contribution in [3.63, 3.8) is 0 Å². The van der Waals surface area contributed by atoms with E-state index in [2.05, 4.69) is 24.5 Å². The summed E-state index contributed by atoms with van der Waals surface area (Å²) < 4.78 is 5.39. The van der Waals surface area contributed by atoms with E-state index in [-0.39, 0.29) is 5.92 Å². The van der Waals surface area contributed by atoms with Gasteiger partial charge in [0.25, 0.3) is 0 Å². The van der Waals surface area contributed by atoms with Crippen LogP contribution in [0.2, 0.25) is 0 Å². The average Bonchev–Trinajstić information content (AvgIpc) is 2.38. The van der Waals surface area contributed by atoms with Crippen LogP contribution in [-0.2, 0) is 9.53 Å². The summed E-state index contributed by atoms with van der Waals surface area (Å²) in [6.45, 7) is 9.62. The fraction of sp³-hybridized carbons (Fsp3) is 0.857. The summed E-state index contributed by atoms with van der Waals surface area (Å²) >= 11 is 0. The van der Waals surface area contributed by atoms with Crippen LogP contribution in [0.3, 0.4) is 0 Å². The van der Waals surface area contributed by atoms with E-state index in [1.807, 2.05) is 6.92 Å². The molecule has 0 aliphatic heterocycles. The smallest absolute Gasteiger partial charge is 0.326 e. The summed E-state index contributed by atoms with van der Waals surface area (Å²) in [4.78, 5) is 22.6. The Morgan fingerprint density at radius 2 is 1.90 bits per heavy atom. The van der Waals surface area contributed by atoms with Crippen molar-refractivity contribution in [3.05, 3.63) is 0 Å². The van der Waals surface area contributed by atoms with Gasteiger partial charge in [-0.1, -0.05) is 34.1 Å². The standard InChI is InChI=1S/C14H28N2O4/c1-5-11(4)12(13(17)18)16-14(19)15-7-6-8-20-9-10(2)3/h10-12H,5-9H2,1-4H3,(H,17,18)(H2,15,16,19). The van der Waals surface area contributed by atoms with Gasteiger partial charge in [-0.3, -0.25) is 0 Å². The van der Waals surface area contributed by atoms with Gasteiger partial charge in [-0.25, -0.2) is 9.59 Å². The second-order valence-electron chi connectivity index (χ2n) is 5.42. The minimum Gasteiger partial charge on any atom is -0.480 e. The van der Waals surface area contributed by atoms with E-state index < -0.39 is 18.0 Å². The van der Waals surface area contributed by atoms with Gasteiger partial charge in [0.1, 0.15) is 6.04 Å². The number of carboxylic acid groups (broad SMARTS) is 1. The van der Waals surface area contributed by atoms with Gasteiger partial charge < -0.3 is 20.5 Å². The highest BCUT2D eigenvalue weighted by atomic mass is 16.5. The quantitative estimate of drug-likeness (QED) is 0.535. The molecular formula is C14H28N2O4. The number of amides is 2. The predicted molar refractivity (Wildman–Crippen MR) is 77.7 cm³/mol. The molecule has 6 heteroatoms. The Kier molecular flexibility index (Phi) is 9.80. The molecule has 2 amide bonds. The molecule has 3 N–H and O–H groups in total. The van der Waals surface area contributed by atoms with Crippen LogP contribution in [0.1, 0.15) is 40.5 Å². The summed E-state index contributed by atoms with van der Waals surface area (Å²) in [5, 5.41) is 14.2. The molecule has 118 valence electrons. The Balaban J connectivity index is 3.83. The van der Waals surface area contributed by atoms with E-state index in [0.29, 0.717) is 38.5 Å². The topological polar surface area (TPSA) is 87.7 Å². The first kappa shape index (κ1) is 18.7. The molecule has 0 fully saturated rings. The molecule has 0 rings (SSSR count). The lowest BCUT2D eigenvalue weighted by Crippen LogP contribution is -2.49. The zero-order chi connectivity index (χ0) is 15.5. The van der Waals surface area contributed by atoms with Crippen LogP contribution in [0.5, 0.6) is 0 Å². The maximum Gasteiger partial charge on any atom is 0.326 e. The van der Waals surface area contributed by atoms with Crippen molar-refractivity contribution in [1.29, 1.82) is 0 Å². The minimum atomic E-state index is -1.00. The van der Waals surface area contributed by atoms with Gasteiger partial charge >= 0.3 is 12.0 Å². The third-order valence-corrected chi connectivity index (χ3v) is 2.97. The molecule has 0 aliphatic carbocycles. The molecule has 0 spiro atoms. The summed E-state index contributed by atoms with van der Waals surface area (Å²) in [7, 11) is 0. The Bertz CT molecular complexity index is 295. The second kappa shape index (κ2) is 10.5. The number of urea groups is 1. The van der Waals surface area contributed by atoms with Crippen molar-refractivity contribution in [1.82, 2.24) is 10.6 Å². The van der Waals surface area contributed by atoms with Crippen molar-refractivity contribution >= 4 is 12.0 Å². The Labute approximate surface area is 121 Å². The molecule has 0 bridgehead atoms. The van der Waals surface area contributed by atoms with E-state index in [1.165, 1.54) is 0 Å². The molecule has 2 atom stereocenters. The molecule has 0 aromatic rings. The van der Waals surface area contributed by atoms with E-state index in [0.717, 1.165) is 0 Å². The number of nitrogens with one attached hydrogen (secondary N) is 2. The monoisotopic (exact) mass is 288 g/mol. The molecule has 0 aromatic heterocycles. The van der Waals surface area contributed by atoms with Gasteiger partial charge in [0.05, 0.1) is 0 Å². The van der Waals surface area contributed by atoms with Crippen LogP contribution >= 0.6 is 0 Å². The molecule has 0 aromatic carbocycles. The van der Waals surface area contributed by atoms with Gasteiger partial charge in [0, 0.05) is 19.8 Å². The molecular weight excluding hydrogens is 260 g/mol. The maximum absolute atomic E-state index is 11.6. The lowest BCUT2D eigenvalue weighted by molar-refractivity contribution is -0.140. The summed E-state index contributed by atoms with van der Waals surface area (Å²) in [6.07, 6.45) is 1.40. The predicted octanol–water partition coefficient (Wildman–Crippen LogP) is 1.85. The van der Waals surface area contributed by atoms with E-state index in [1.54, 1.807) is 6.92 Å². The Morgan fingerprint density at radius 3 is 2.40 bits per heavy atom. The number of ether oxygens (including phenoxy) is 1. The molecule has 2 unspecified atom stereocenters. The highest BCUT2D eigenvalue weighted by Crippen LogP contribution is 2.07. The number of hydrogen-bond acceptors (Lipinski definition) is 3. The lowest BCUT2D eigenvalue weighted by Gasteiger charge is -2.20. The first-order chi connectivity index (χ1) is 9.38. The fourth-order valence-electron chi connectivity index (χ4n) is 1.57. The second-order valence-corrected chi connectivity index (χ2v) is 5.42. The number of carboxylic acids is 1. The van der Waals surface area contributed by atoms with Crippen molar-refractivity contribution < 1.29 is 19.4 Å². The van der Waals surface area contributed by atoms with Gasteiger partial charge in [-0.05, 0) is 18.3 Å². The SMILES string of the molecule is CCC(C)C(NC(=O)NCCCOCC(C)C)C(=O)O. The van der Waals surface area contributed by atoms with Crippen LogP contribution in [-0.4, -0.2) is 42.9 Å². The van der Waals surface area contributed by atoms with Crippen LogP contribution in [0.15, 0.2) is 0 Å². The van der Waals surface area contributed by atoms with Crippen LogP contribution in [0.4, 0.5) is 4.79 Å². The Hall–Kier alpha value is -1.30. The normalized spacial score (nSPS) is 13.8. The van der Waals surface area contributed by atoms with Crippen LogP contribution in [0.25, 0.3) is 0 Å². The third kappa shape index (κ3) is 8.74. The molecule has 0 saturated carbocycles. The highest BCUT2D eigenvalue weighted by Gasteiger charge is 2.24. The number of rotatable bonds is 10. The Morgan fingerprint density at radius 1 is 1.25 bits per heavy atom. The maximum atomic E-state index is 11.6. The summed E-state index contributed by atoms with van der Waals surface area (Å²) in [5.74, 6) is -0.611. The average molecular weight is 288 g/mol. The van der Waals surface area contributed by atoms with Gasteiger partial charge in [-0.2, -0.15) is 0 Å². The van der Waals surface area contributed by atoms with Crippen molar-refractivity contribution in [2.45, 2.75) is 46.6 Å². The number of aliphatic carboxylic acids is 1. The van der Waals surface area contributed by atoms with Crippen molar-refractivity contribution in [3.8, 4) is 0 Å². The highest BCUT2D eigenvalue weighted by molar-refractivity contribution is 5.82. The molecule has 0 radical (unpaired) electrons. The van der Waals surface area contributed by atoms with Crippen LogP contribution in [0, 0.1) is 11.8 Å². The van der Waals surface area contributed by atoms with Crippen molar-refractivity contribution in [2.75, 3.05) is 19.8 Å². The third-order valence-electron chi connectivity index (χ3n) is 2.97. The van der Waals surface area contributed by atoms with E-state index in [4.69, 9.17) is 9.84 Å². The van der Waals surface area contributed by atoms with E-state index in [9.17, 15) is 9.59 Å². The van der Waals surface area contributed by atoms with Crippen molar-refractivity contribution in [2.24, 2.45) is 11.8 Å². The number of hydrogen-bond donors (Lipinski definition) is 3. The van der Waals surface area contributed by atoms with Gasteiger partial charge in [0.2, 0.25) is 0 Å². The summed E-state index contributed by atoms with van der Waals surface area (Å²) in [6, 6.07) is -1.29. The minimum absolute atomic E-state index is 0.104. The number of carbonyl (C=O) groups is 2. The molecule has 0 heterocycles. The van der Waals surface area contributed by atoms with Gasteiger partial charge in [0.15, 0.2) is 0 Å². The zero-order valence-electron chi connectivity index (χ0n) is 12.9. The zero-order valence-corrected chi connectivity index (χ0v) is 12.9. The fourth-order valence-corrected chi connectivity index (χ4v) is 1.57. The first-order valence-electron chi connectivity index (χ1n) is 7.23. The number of carbonyl (C=O) groups excluding carboxylic acids is 1. The van der Waals surface area contributed by atoms with Gasteiger partial charge in [-0.15, -0.1) is 0 Å². The summed E-state index contributed by atoms with van der Waals surface area (Å²) in [5.41, 5.74) is 0. The molecule has 20 heavy (non-hydrogen) atoms. The largest absolute Gasteiger partial charge is 0.480 e. The molecule has 6 nitrogen and oxygen atoms in total. The van der Waals surface area contributed by atoms with Crippen LogP contribution < -0.4 is 10.6 Å². The lowest BCUT2D eigenvalue weighted by atomic mass is 9.99.